The average Bonchev–Trinajstić information content (AvgIpc) is 2.29. The van der Waals surface area contributed by atoms with Crippen molar-refractivity contribution in [3.8, 4) is 0 Å². The summed E-state index contributed by atoms with van der Waals surface area (Å²) in [5.74, 6) is -1.81. The maximum atomic E-state index is 12.8. The molecule has 0 fully saturated rings. The second-order valence-electron chi connectivity index (χ2n) is 5.44. The topological polar surface area (TPSA) is 66.4 Å². The Morgan fingerprint density at radius 2 is 1.81 bits per heavy atom. The van der Waals surface area contributed by atoms with Crippen LogP contribution in [0.3, 0.4) is 0 Å². The number of rotatable bonds is 4. The molecule has 1 amide bonds. The van der Waals surface area contributed by atoms with Crippen molar-refractivity contribution < 1.29 is 27.9 Å². The van der Waals surface area contributed by atoms with E-state index in [4.69, 9.17) is 5.11 Å². The number of carboxylic acids is 1. The smallest absolute Gasteiger partial charge is 0.416 e. The maximum Gasteiger partial charge on any atom is 0.416 e. The van der Waals surface area contributed by atoms with E-state index in [1.807, 2.05) is 0 Å². The van der Waals surface area contributed by atoms with Crippen molar-refractivity contribution in [1.82, 2.24) is 0 Å². The van der Waals surface area contributed by atoms with E-state index in [9.17, 15) is 22.8 Å². The second kappa shape index (κ2) is 5.75. The van der Waals surface area contributed by atoms with Gasteiger partial charge in [0.25, 0.3) is 0 Å². The summed E-state index contributed by atoms with van der Waals surface area (Å²) < 4.78 is 38.3. The van der Waals surface area contributed by atoms with Crippen LogP contribution >= 0.6 is 0 Å². The molecule has 21 heavy (non-hydrogen) atoms. The molecule has 0 saturated heterocycles. The van der Waals surface area contributed by atoms with Crippen molar-refractivity contribution in [2.45, 2.75) is 33.4 Å². The number of benzene rings is 1. The number of nitrogens with one attached hydrogen (secondary N) is 1. The number of carbonyl (C=O) groups is 2. The van der Waals surface area contributed by atoms with Gasteiger partial charge in [0.1, 0.15) is 0 Å². The van der Waals surface area contributed by atoms with E-state index in [0.717, 1.165) is 6.07 Å². The van der Waals surface area contributed by atoms with Gasteiger partial charge in [0.15, 0.2) is 0 Å². The van der Waals surface area contributed by atoms with E-state index in [0.29, 0.717) is 0 Å². The van der Waals surface area contributed by atoms with E-state index in [-0.39, 0.29) is 17.7 Å². The monoisotopic (exact) mass is 303 g/mol. The highest BCUT2D eigenvalue weighted by Crippen LogP contribution is 2.33. The Morgan fingerprint density at radius 1 is 1.24 bits per heavy atom. The number of hydrogen-bond acceptors (Lipinski definition) is 2. The van der Waals surface area contributed by atoms with Gasteiger partial charge in [-0.15, -0.1) is 0 Å². The highest BCUT2D eigenvalue weighted by molar-refractivity contribution is 5.94. The van der Waals surface area contributed by atoms with Gasteiger partial charge in [-0.25, -0.2) is 0 Å². The van der Waals surface area contributed by atoms with Crippen molar-refractivity contribution >= 4 is 17.6 Å². The number of aryl methyl sites for hydroxylation is 1. The molecule has 1 rings (SSSR count). The van der Waals surface area contributed by atoms with Crippen molar-refractivity contribution in [2.75, 3.05) is 5.32 Å². The molecule has 1 aromatic rings. The van der Waals surface area contributed by atoms with Crippen molar-refractivity contribution in [1.29, 1.82) is 0 Å². The zero-order valence-electron chi connectivity index (χ0n) is 11.8. The Kier molecular flexibility index (Phi) is 4.65. The number of aliphatic carboxylic acids is 1. The SMILES string of the molecule is Cc1ccc(NC(=O)CC(C)(C)C(=O)O)cc1C(F)(F)F. The Morgan fingerprint density at radius 3 is 2.29 bits per heavy atom. The third-order valence-corrected chi connectivity index (χ3v) is 3.01. The third-order valence-electron chi connectivity index (χ3n) is 3.01. The van der Waals surface area contributed by atoms with Crippen LogP contribution in [0.25, 0.3) is 0 Å². The zero-order valence-corrected chi connectivity index (χ0v) is 11.8. The molecule has 0 aliphatic heterocycles. The van der Waals surface area contributed by atoms with Gasteiger partial charge >= 0.3 is 12.1 Å². The Balaban J connectivity index is 2.90. The molecular formula is C14H16F3NO3. The molecule has 7 heteroatoms. The fourth-order valence-corrected chi connectivity index (χ4v) is 1.69. The normalized spacial score (nSPS) is 12.1. The van der Waals surface area contributed by atoms with Crippen LogP contribution in [0, 0.1) is 12.3 Å². The van der Waals surface area contributed by atoms with E-state index in [1.165, 1.54) is 32.9 Å². The van der Waals surface area contributed by atoms with Crippen LogP contribution in [-0.2, 0) is 15.8 Å². The van der Waals surface area contributed by atoms with Crippen LogP contribution in [0.4, 0.5) is 18.9 Å². The van der Waals surface area contributed by atoms with E-state index >= 15 is 0 Å². The lowest BCUT2D eigenvalue weighted by atomic mass is 9.89. The number of carboxylic acid groups (broad SMARTS) is 1. The number of anilines is 1. The molecule has 0 saturated carbocycles. The Labute approximate surface area is 120 Å². The molecule has 116 valence electrons. The average molecular weight is 303 g/mol. The molecule has 4 nitrogen and oxygen atoms in total. The van der Waals surface area contributed by atoms with Gasteiger partial charge in [0.05, 0.1) is 11.0 Å². The lowest BCUT2D eigenvalue weighted by Gasteiger charge is -2.18. The summed E-state index contributed by atoms with van der Waals surface area (Å²) in [6.07, 6.45) is -4.84. The van der Waals surface area contributed by atoms with Gasteiger partial charge < -0.3 is 10.4 Å². The molecule has 0 aliphatic rings. The van der Waals surface area contributed by atoms with E-state index < -0.39 is 29.0 Å². The first-order chi connectivity index (χ1) is 9.43. The highest BCUT2D eigenvalue weighted by Gasteiger charge is 2.33. The predicted octanol–water partition coefficient (Wildman–Crippen LogP) is 3.45. The molecule has 0 atom stereocenters. The van der Waals surface area contributed by atoms with Gasteiger partial charge in [-0.05, 0) is 38.5 Å². The van der Waals surface area contributed by atoms with Crippen molar-refractivity contribution in [2.24, 2.45) is 5.41 Å². The minimum atomic E-state index is -4.51. The largest absolute Gasteiger partial charge is 0.481 e. The van der Waals surface area contributed by atoms with Crippen LogP contribution in [-0.4, -0.2) is 17.0 Å². The maximum absolute atomic E-state index is 12.8. The lowest BCUT2D eigenvalue weighted by Crippen LogP contribution is -2.29. The minimum absolute atomic E-state index is 0.0147. The molecule has 0 radical (unpaired) electrons. The quantitative estimate of drug-likeness (QED) is 0.895. The zero-order chi connectivity index (χ0) is 16.4. The molecule has 2 N–H and O–H groups in total. The summed E-state index contributed by atoms with van der Waals surface area (Å²) in [6.45, 7) is 4.05. The standard InChI is InChI=1S/C14H16F3NO3/c1-8-4-5-9(6-10(8)14(15,16)17)18-11(19)7-13(2,3)12(20)21/h4-6H,7H2,1-3H3,(H,18,19)(H,20,21). The number of alkyl halides is 3. The number of halogens is 3. The summed E-state index contributed by atoms with van der Waals surface area (Å²) in [4.78, 5) is 22.6. The van der Waals surface area contributed by atoms with Gasteiger partial charge in [-0.2, -0.15) is 13.2 Å². The third kappa shape index (κ3) is 4.47. The van der Waals surface area contributed by atoms with Crippen LogP contribution < -0.4 is 5.32 Å². The Bertz CT molecular complexity index is 565. The molecule has 0 aromatic heterocycles. The predicted molar refractivity (Wildman–Crippen MR) is 70.8 cm³/mol. The number of carbonyl (C=O) groups excluding carboxylic acids is 1. The fraction of sp³-hybridized carbons (Fsp3) is 0.429. The van der Waals surface area contributed by atoms with E-state index in [2.05, 4.69) is 5.32 Å². The van der Waals surface area contributed by atoms with E-state index in [1.54, 1.807) is 0 Å². The van der Waals surface area contributed by atoms with Crippen LogP contribution in [0.15, 0.2) is 18.2 Å². The molecule has 0 bridgehead atoms. The van der Waals surface area contributed by atoms with Crippen molar-refractivity contribution in [3.63, 3.8) is 0 Å². The Hall–Kier alpha value is -2.05. The first-order valence-corrected chi connectivity index (χ1v) is 6.14. The highest BCUT2D eigenvalue weighted by atomic mass is 19.4. The van der Waals surface area contributed by atoms with Gasteiger partial charge in [0, 0.05) is 12.1 Å². The first kappa shape index (κ1) is 17.0. The molecule has 1 aromatic carbocycles. The first-order valence-electron chi connectivity index (χ1n) is 6.14. The molecule has 0 aliphatic carbocycles. The molecular weight excluding hydrogens is 287 g/mol. The fourth-order valence-electron chi connectivity index (χ4n) is 1.69. The summed E-state index contributed by atoms with van der Waals surface area (Å²) >= 11 is 0. The van der Waals surface area contributed by atoms with Crippen LogP contribution in [0.2, 0.25) is 0 Å². The van der Waals surface area contributed by atoms with Gasteiger partial charge in [-0.3, -0.25) is 9.59 Å². The van der Waals surface area contributed by atoms with Gasteiger partial charge in [0.2, 0.25) is 5.91 Å². The molecule has 0 spiro atoms. The minimum Gasteiger partial charge on any atom is -0.481 e. The second-order valence-corrected chi connectivity index (χ2v) is 5.44. The van der Waals surface area contributed by atoms with Crippen LogP contribution in [0.1, 0.15) is 31.4 Å². The molecule has 0 heterocycles. The number of hydrogen-bond donors (Lipinski definition) is 2. The molecule has 0 unspecified atom stereocenters. The summed E-state index contributed by atoms with van der Waals surface area (Å²) in [5, 5.41) is 11.2. The lowest BCUT2D eigenvalue weighted by molar-refractivity contribution is -0.149. The number of amides is 1. The summed E-state index contributed by atoms with van der Waals surface area (Å²) in [6, 6.07) is 3.43. The van der Waals surface area contributed by atoms with Crippen molar-refractivity contribution in [3.05, 3.63) is 29.3 Å². The van der Waals surface area contributed by atoms with Crippen LogP contribution in [0.5, 0.6) is 0 Å². The summed E-state index contributed by atoms with van der Waals surface area (Å²) in [7, 11) is 0. The van der Waals surface area contributed by atoms with Gasteiger partial charge in [-0.1, -0.05) is 6.07 Å². The summed E-state index contributed by atoms with van der Waals surface area (Å²) in [5.41, 5.74) is -2.09.